The van der Waals surface area contributed by atoms with Crippen LogP contribution in [0.5, 0.6) is 0 Å². The summed E-state index contributed by atoms with van der Waals surface area (Å²) in [4.78, 5) is 24.8. The molecule has 0 saturated heterocycles. The van der Waals surface area contributed by atoms with Crippen molar-refractivity contribution in [2.75, 3.05) is 24.4 Å². The predicted molar refractivity (Wildman–Crippen MR) is 102 cm³/mol. The molecule has 2 aromatic rings. The fourth-order valence-corrected chi connectivity index (χ4v) is 3.78. The number of benzene rings is 2. The second-order valence-electron chi connectivity index (χ2n) is 5.86. The van der Waals surface area contributed by atoms with Crippen LogP contribution in [0.4, 0.5) is 5.69 Å². The highest BCUT2D eigenvalue weighted by molar-refractivity contribution is 7.92. The normalized spacial score (nSPS) is 11.0. The number of carbonyl (C=O) groups is 2. The van der Waals surface area contributed by atoms with Crippen LogP contribution in [0.25, 0.3) is 0 Å². The molecule has 0 aliphatic heterocycles. The van der Waals surface area contributed by atoms with Crippen molar-refractivity contribution in [3.05, 3.63) is 60.2 Å². The van der Waals surface area contributed by atoms with Crippen molar-refractivity contribution in [1.29, 1.82) is 0 Å². The number of aliphatic carboxylic acids is 1. The summed E-state index contributed by atoms with van der Waals surface area (Å²) in [5.41, 5.74) is 0.704. The Morgan fingerprint density at radius 2 is 1.70 bits per heavy atom. The third-order valence-electron chi connectivity index (χ3n) is 4.12. The second kappa shape index (κ2) is 8.68. The van der Waals surface area contributed by atoms with Gasteiger partial charge in [-0.15, -0.1) is 0 Å². The monoisotopic (exact) mass is 390 g/mol. The maximum Gasteiger partial charge on any atom is 0.305 e. The molecular formula is C19H22N2O5S. The summed E-state index contributed by atoms with van der Waals surface area (Å²) in [6.07, 6.45) is -0.172. The predicted octanol–water partition coefficient (Wildman–Crippen LogP) is 2.45. The van der Waals surface area contributed by atoms with E-state index in [-0.39, 0.29) is 23.4 Å². The molecule has 0 spiro atoms. The zero-order valence-electron chi connectivity index (χ0n) is 15.2. The Morgan fingerprint density at radius 3 is 2.30 bits per heavy atom. The molecule has 0 bridgehead atoms. The molecule has 0 unspecified atom stereocenters. The average Bonchev–Trinajstić information content (AvgIpc) is 2.68. The molecule has 144 valence electrons. The molecule has 0 radical (unpaired) electrons. The molecule has 1 amide bonds. The van der Waals surface area contributed by atoms with Crippen LogP contribution in [-0.2, 0) is 14.8 Å². The van der Waals surface area contributed by atoms with E-state index in [9.17, 15) is 18.0 Å². The average molecular weight is 390 g/mol. The Bertz CT molecular complexity index is 913. The molecule has 2 aromatic carbocycles. The lowest BCUT2D eigenvalue weighted by Gasteiger charge is -2.22. The maximum absolute atomic E-state index is 12.9. The number of carboxylic acid groups (broad SMARTS) is 1. The summed E-state index contributed by atoms with van der Waals surface area (Å²) in [6, 6.07) is 14.4. The minimum Gasteiger partial charge on any atom is -0.481 e. The van der Waals surface area contributed by atoms with Crippen LogP contribution >= 0.6 is 0 Å². The highest BCUT2D eigenvalue weighted by Crippen LogP contribution is 2.22. The Balaban J connectivity index is 2.30. The Labute approximate surface area is 158 Å². The molecule has 0 heterocycles. The molecule has 0 aromatic heterocycles. The Morgan fingerprint density at radius 1 is 1.04 bits per heavy atom. The lowest BCUT2D eigenvalue weighted by molar-refractivity contribution is -0.137. The molecule has 0 saturated carbocycles. The third-order valence-corrected chi connectivity index (χ3v) is 5.91. The van der Waals surface area contributed by atoms with Gasteiger partial charge < -0.3 is 10.0 Å². The van der Waals surface area contributed by atoms with E-state index in [0.29, 0.717) is 12.2 Å². The molecule has 8 heteroatoms. The van der Waals surface area contributed by atoms with E-state index in [0.717, 1.165) is 4.31 Å². The molecule has 0 aliphatic carbocycles. The number of sulfonamides is 1. The number of carbonyl (C=O) groups excluding carboxylic acids is 1. The third kappa shape index (κ3) is 4.85. The van der Waals surface area contributed by atoms with E-state index in [2.05, 4.69) is 0 Å². The SMILES string of the molecule is CCN(CCC(=O)O)C(=O)c1cccc(S(=O)(=O)N(C)c2ccccc2)c1. The molecular weight excluding hydrogens is 368 g/mol. The quantitative estimate of drug-likeness (QED) is 0.747. The molecule has 1 N–H and O–H groups in total. The number of rotatable bonds is 8. The van der Waals surface area contributed by atoms with Crippen LogP contribution in [0.3, 0.4) is 0 Å². The minimum atomic E-state index is -3.84. The maximum atomic E-state index is 12.9. The number of amides is 1. The number of para-hydroxylation sites is 1. The van der Waals surface area contributed by atoms with E-state index in [1.54, 1.807) is 37.3 Å². The van der Waals surface area contributed by atoms with Crippen LogP contribution < -0.4 is 4.31 Å². The lowest BCUT2D eigenvalue weighted by Crippen LogP contribution is -2.33. The van der Waals surface area contributed by atoms with E-state index in [1.807, 2.05) is 0 Å². The number of hydrogen-bond donors (Lipinski definition) is 1. The highest BCUT2D eigenvalue weighted by Gasteiger charge is 2.23. The fraction of sp³-hybridized carbons (Fsp3) is 0.263. The largest absolute Gasteiger partial charge is 0.481 e. The number of hydrogen-bond acceptors (Lipinski definition) is 4. The summed E-state index contributed by atoms with van der Waals surface area (Å²) in [7, 11) is -2.39. The van der Waals surface area contributed by atoms with Crippen molar-refractivity contribution in [3.63, 3.8) is 0 Å². The standard InChI is InChI=1S/C19H22N2O5S/c1-3-21(13-12-18(22)23)19(24)15-8-7-11-17(14-15)27(25,26)20(2)16-9-5-4-6-10-16/h4-11,14H,3,12-13H2,1-2H3,(H,22,23). The van der Waals surface area contributed by atoms with Gasteiger partial charge >= 0.3 is 5.97 Å². The molecule has 0 aliphatic rings. The van der Waals surface area contributed by atoms with Crippen LogP contribution in [0.2, 0.25) is 0 Å². The Kier molecular flexibility index (Phi) is 6.57. The van der Waals surface area contributed by atoms with Gasteiger partial charge in [0.15, 0.2) is 0 Å². The summed E-state index contributed by atoms with van der Waals surface area (Å²) < 4.78 is 26.9. The van der Waals surface area contributed by atoms with Crippen LogP contribution in [-0.4, -0.2) is 50.4 Å². The topological polar surface area (TPSA) is 95.0 Å². The smallest absolute Gasteiger partial charge is 0.305 e. The molecule has 0 fully saturated rings. The van der Waals surface area contributed by atoms with Crippen LogP contribution in [0, 0.1) is 0 Å². The molecule has 2 rings (SSSR count). The van der Waals surface area contributed by atoms with Gasteiger partial charge in [-0.1, -0.05) is 24.3 Å². The van der Waals surface area contributed by atoms with Crippen molar-refractivity contribution in [2.24, 2.45) is 0 Å². The molecule has 27 heavy (non-hydrogen) atoms. The van der Waals surface area contributed by atoms with E-state index >= 15 is 0 Å². The van der Waals surface area contributed by atoms with Gasteiger partial charge in [0.25, 0.3) is 15.9 Å². The van der Waals surface area contributed by atoms with Gasteiger partial charge in [0.05, 0.1) is 17.0 Å². The first-order valence-electron chi connectivity index (χ1n) is 8.42. The van der Waals surface area contributed by atoms with Crippen LogP contribution in [0.1, 0.15) is 23.7 Å². The van der Waals surface area contributed by atoms with Crippen LogP contribution in [0.15, 0.2) is 59.5 Å². The van der Waals surface area contributed by atoms with Gasteiger partial charge in [-0.3, -0.25) is 13.9 Å². The summed E-state index contributed by atoms with van der Waals surface area (Å²) >= 11 is 0. The van der Waals surface area contributed by atoms with Gasteiger partial charge in [0.1, 0.15) is 0 Å². The lowest BCUT2D eigenvalue weighted by atomic mass is 10.2. The second-order valence-corrected chi connectivity index (χ2v) is 7.83. The van der Waals surface area contributed by atoms with Crippen molar-refractivity contribution in [1.82, 2.24) is 4.90 Å². The van der Waals surface area contributed by atoms with E-state index < -0.39 is 21.9 Å². The first-order chi connectivity index (χ1) is 12.8. The summed E-state index contributed by atoms with van der Waals surface area (Å²) in [5.74, 6) is -1.40. The zero-order chi connectivity index (χ0) is 20.0. The summed E-state index contributed by atoms with van der Waals surface area (Å²) in [5, 5.41) is 8.81. The van der Waals surface area contributed by atoms with Gasteiger partial charge in [-0.25, -0.2) is 8.42 Å². The molecule has 0 atom stereocenters. The fourth-order valence-electron chi connectivity index (χ4n) is 2.54. The van der Waals surface area contributed by atoms with Crippen molar-refractivity contribution in [3.8, 4) is 0 Å². The van der Waals surface area contributed by atoms with Crippen molar-refractivity contribution >= 4 is 27.6 Å². The minimum absolute atomic E-state index is 0.00556. The number of anilines is 1. The zero-order valence-corrected chi connectivity index (χ0v) is 16.0. The van der Waals surface area contributed by atoms with Gasteiger partial charge in [-0.2, -0.15) is 0 Å². The van der Waals surface area contributed by atoms with Crippen molar-refractivity contribution < 1.29 is 23.1 Å². The first-order valence-corrected chi connectivity index (χ1v) is 9.86. The first kappa shape index (κ1) is 20.4. The Hall–Kier alpha value is -2.87. The van der Waals surface area contributed by atoms with Gasteiger partial charge in [0.2, 0.25) is 0 Å². The highest BCUT2D eigenvalue weighted by atomic mass is 32.2. The summed E-state index contributed by atoms with van der Waals surface area (Å²) in [6.45, 7) is 2.13. The number of carboxylic acids is 1. The van der Waals surface area contributed by atoms with E-state index in [1.165, 1.54) is 36.2 Å². The van der Waals surface area contributed by atoms with Crippen molar-refractivity contribution in [2.45, 2.75) is 18.2 Å². The van der Waals surface area contributed by atoms with E-state index in [4.69, 9.17) is 5.11 Å². The number of nitrogens with zero attached hydrogens (tertiary/aromatic N) is 2. The van der Waals surface area contributed by atoms with Gasteiger partial charge in [0, 0.05) is 25.7 Å². The molecule has 7 nitrogen and oxygen atoms in total. The van der Waals surface area contributed by atoms with Gasteiger partial charge in [-0.05, 0) is 37.3 Å².